The van der Waals surface area contributed by atoms with Gasteiger partial charge in [-0.3, -0.25) is 0 Å². The van der Waals surface area contributed by atoms with E-state index in [1.807, 2.05) is 6.07 Å². The Balaban J connectivity index is 1.77. The standard InChI is InChI=1S/C17H18BrN3/c1-11-4-7-14-13(9-11)3-2-8-21(14)16-10-15(18)19-17(20-16)12-5-6-12/h4,7,9-10,12H,2-3,5-6,8H2,1H3. The first kappa shape index (κ1) is 13.3. The maximum absolute atomic E-state index is 4.83. The number of aryl methyl sites for hydroxylation is 2. The second kappa shape index (κ2) is 5.09. The van der Waals surface area contributed by atoms with Gasteiger partial charge in [-0.1, -0.05) is 17.7 Å². The van der Waals surface area contributed by atoms with Crippen molar-refractivity contribution in [3.8, 4) is 0 Å². The first-order chi connectivity index (χ1) is 10.2. The number of halogens is 1. The summed E-state index contributed by atoms with van der Waals surface area (Å²) in [4.78, 5) is 11.7. The van der Waals surface area contributed by atoms with Crippen LogP contribution in [0.25, 0.3) is 0 Å². The van der Waals surface area contributed by atoms with E-state index >= 15 is 0 Å². The lowest BCUT2D eigenvalue weighted by molar-refractivity contribution is 0.752. The molecule has 0 radical (unpaired) electrons. The predicted molar refractivity (Wildman–Crippen MR) is 88.2 cm³/mol. The molecule has 0 spiro atoms. The molecule has 1 aromatic carbocycles. The van der Waals surface area contributed by atoms with Crippen molar-refractivity contribution in [3.63, 3.8) is 0 Å². The Morgan fingerprint density at radius 1 is 1.19 bits per heavy atom. The maximum Gasteiger partial charge on any atom is 0.137 e. The Morgan fingerprint density at radius 3 is 2.86 bits per heavy atom. The van der Waals surface area contributed by atoms with Crippen molar-refractivity contribution in [2.24, 2.45) is 0 Å². The van der Waals surface area contributed by atoms with Gasteiger partial charge in [-0.25, -0.2) is 9.97 Å². The van der Waals surface area contributed by atoms with Gasteiger partial charge in [0.25, 0.3) is 0 Å². The number of rotatable bonds is 2. The van der Waals surface area contributed by atoms with E-state index in [0.29, 0.717) is 5.92 Å². The summed E-state index contributed by atoms with van der Waals surface area (Å²) >= 11 is 3.55. The molecule has 2 aliphatic rings. The molecule has 0 saturated heterocycles. The summed E-state index contributed by atoms with van der Waals surface area (Å²) in [5.41, 5.74) is 4.07. The fraction of sp³-hybridized carbons (Fsp3) is 0.412. The Morgan fingerprint density at radius 2 is 2.05 bits per heavy atom. The second-order valence-corrected chi connectivity index (χ2v) is 6.88. The van der Waals surface area contributed by atoms with Gasteiger partial charge in [0.2, 0.25) is 0 Å². The van der Waals surface area contributed by atoms with E-state index in [9.17, 15) is 0 Å². The van der Waals surface area contributed by atoms with Crippen molar-refractivity contribution >= 4 is 27.4 Å². The highest BCUT2D eigenvalue weighted by Crippen LogP contribution is 2.40. The van der Waals surface area contributed by atoms with E-state index in [-0.39, 0.29) is 0 Å². The third kappa shape index (κ3) is 2.57. The molecule has 0 amide bonds. The molecule has 0 atom stereocenters. The smallest absolute Gasteiger partial charge is 0.137 e. The number of nitrogens with zero attached hydrogens (tertiary/aromatic N) is 3. The molecule has 108 valence electrons. The molecule has 21 heavy (non-hydrogen) atoms. The molecule has 1 aliphatic carbocycles. The molecular weight excluding hydrogens is 326 g/mol. The van der Waals surface area contributed by atoms with Gasteiger partial charge in [0.1, 0.15) is 16.2 Å². The van der Waals surface area contributed by atoms with E-state index in [0.717, 1.165) is 29.2 Å². The van der Waals surface area contributed by atoms with Gasteiger partial charge in [0.05, 0.1) is 0 Å². The zero-order valence-electron chi connectivity index (χ0n) is 12.1. The molecule has 0 unspecified atom stereocenters. The third-order valence-corrected chi connectivity index (χ3v) is 4.68. The van der Waals surface area contributed by atoms with Crippen LogP contribution in [-0.4, -0.2) is 16.5 Å². The number of hydrogen-bond acceptors (Lipinski definition) is 3. The molecule has 1 aliphatic heterocycles. The van der Waals surface area contributed by atoms with E-state index < -0.39 is 0 Å². The van der Waals surface area contributed by atoms with Gasteiger partial charge in [0.15, 0.2) is 0 Å². The van der Waals surface area contributed by atoms with Gasteiger partial charge in [0, 0.05) is 24.2 Å². The Kier molecular flexibility index (Phi) is 3.21. The van der Waals surface area contributed by atoms with Gasteiger partial charge >= 0.3 is 0 Å². The maximum atomic E-state index is 4.83. The molecular formula is C17H18BrN3. The molecule has 2 heterocycles. The molecule has 2 aromatic rings. The molecule has 1 aromatic heterocycles. The van der Waals surface area contributed by atoms with Gasteiger partial charge < -0.3 is 4.90 Å². The number of benzene rings is 1. The minimum absolute atomic E-state index is 0.573. The van der Waals surface area contributed by atoms with Crippen LogP contribution < -0.4 is 4.90 Å². The highest BCUT2D eigenvalue weighted by Gasteiger charge is 2.28. The average Bonchev–Trinajstić information content (AvgIpc) is 3.30. The minimum Gasteiger partial charge on any atom is -0.326 e. The van der Waals surface area contributed by atoms with Gasteiger partial charge in [-0.15, -0.1) is 0 Å². The number of fused-ring (bicyclic) bond motifs is 1. The quantitative estimate of drug-likeness (QED) is 0.751. The van der Waals surface area contributed by atoms with Crippen LogP contribution in [0.15, 0.2) is 28.9 Å². The topological polar surface area (TPSA) is 29.0 Å². The summed E-state index contributed by atoms with van der Waals surface area (Å²) in [6, 6.07) is 8.77. The second-order valence-electron chi connectivity index (χ2n) is 6.07. The highest BCUT2D eigenvalue weighted by atomic mass is 79.9. The Labute approximate surface area is 133 Å². The van der Waals surface area contributed by atoms with E-state index in [2.05, 4.69) is 50.9 Å². The average molecular weight is 344 g/mol. The molecule has 1 fully saturated rings. The fourth-order valence-electron chi connectivity index (χ4n) is 3.05. The van der Waals surface area contributed by atoms with Crippen LogP contribution in [0.5, 0.6) is 0 Å². The zero-order chi connectivity index (χ0) is 14.4. The lowest BCUT2D eigenvalue weighted by atomic mass is 9.99. The molecule has 1 saturated carbocycles. The summed E-state index contributed by atoms with van der Waals surface area (Å²) in [6.45, 7) is 3.19. The third-order valence-electron chi connectivity index (χ3n) is 4.27. The van der Waals surface area contributed by atoms with E-state index in [1.165, 1.54) is 36.1 Å². The molecule has 4 heteroatoms. The summed E-state index contributed by atoms with van der Waals surface area (Å²) in [5.74, 6) is 2.60. The first-order valence-electron chi connectivity index (χ1n) is 7.62. The van der Waals surface area contributed by atoms with Crippen molar-refractivity contribution in [2.45, 2.75) is 38.5 Å². The molecule has 0 N–H and O–H groups in total. The molecule has 4 rings (SSSR count). The zero-order valence-corrected chi connectivity index (χ0v) is 13.7. The van der Waals surface area contributed by atoms with Crippen molar-refractivity contribution in [3.05, 3.63) is 45.8 Å². The predicted octanol–water partition coefficient (Wildman–Crippen LogP) is 4.51. The van der Waals surface area contributed by atoms with Crippen LogP contribution in [0.2, 0.25) is 0 Å². The SMILES string of the molecule is Cc1ccc2c(c1)CCCN2c1cc(Br)nc(C2CC2)n1. The number of hydrogen-bond donors (Lipinski definition) is 0. The fourth-order valence-corrected chi connectivity index (χ4v) is 3.44. The highest BCUT2D eigenvalue weighted by molar-refractivity contribution is 9.10. The van der Waals surface area contributed by atoms with Crippen LogP contribution in [0.4, 0.5) is 11.5 Å². The Bertz CT molecular complexity index is 694. The van der Waals surface area contributed by atoms with Crippen molar-refractivity contribution < 1.29 is 0 Å². The van der Waals surface area contributed by atoms with Crippen LogP contribution in [0.1, 0.15) is 42.1 Å². The van der Waals surface area contributed by atoms with Crippen molar-refractivity contribution in [1.82, 2.24) is 9.97 Å². The van der Waals surface area contributed by atoms with E-state index in [1.54, 1.807) is 0 Å². The van der Waals surface area contributed by atoms with Crippen LogP contribution >= 0.6 is 15.9 Å². The molecule has 0 bridgehead atoms. The van der Waals surface area contributed by atoms with Crippen LogP contribution in [0, 0.1) is 6.92 Å². The lowest BCUT2D eigenvalue weighted by Gasteiger charge is -2.31. The first-order valence-corrected chi connectivity index (χ1v) is 8.41. The lowest BCUT2D eigenvalue weighted by Crippen LogP contribution is -2.25. The van der Waals surface area contributed by atoms with Crippen LogP contribution in [0.3, 0.4) is 0 Å². The Hall–Kier alpha value is -1.42. The van der Waals surface area contributed by atoms with Crippen LogP contribution in [-0.2, 0) is 6.42 Å². The number of anilines is 2. The molecule has 3 nitrogen and oxygen atoms in total. The summed E-state index contributed by atoms with van der Waals surface area (Å²) in [6.07, 6.45) is 4.80. The largest absolute Gasteiger partial charge is 0.326 e. The summed E-state index contributed by atoms with van der Waals surface area (Å²) in [7, 11) is 0. The minimum atomic E-state index is 0.573. The van der Waals surface area contributed by atoms with Gasteiger partial charge in [-0.2, -0.15) is 0 Å². The van der Waals surface area contributed by atoms with Crippen molar-refractivity contribution in [1.29, 1.82) is 0 Å². The summed E-state index contributed by atoms with van der Waals surface area (Å²) < 4.78 is 0.897. The van der Waals surface area contributed by atoms with Gasteiger partial charge in [-0.05, 0) is 60.2 Å². The number of aromatic nitrogens is 2. The van der Waals surface area contributed by atoms with E-state index in [4.69, 9.17) is 4.98 Å². The normalized spacial score (nSPS) is 17.7. The van der Waals surface area contributed by atoms with Crippen molar-refractivity contribution in [2.75, 3.05) is 11.4 Å². The monoisotopic (exact) mass is 343 g/mol. The summed E-state index contributed by atoms with van der Waals surface area (Å²) in [5, 5.41) is 0.